The predicted molar refractivity (Wildman–Crippen MR) is 72.2 cm³/mol. The second-order valence-corrected chi connectivity index (χ2v) is 4.75. The summed E-state index contributed by atoms with van der Waals surface area (Å²) in [5, 5.41) is 4.62. The third-order valence-electron chi connectivity index (χ3n) is 2.38. The SMILES string of the molecule is O=c1[nH]c(-n2cccn2)nc2cc(I)ccc12. The minimum Gasteiger partial charge on any atom is -0.290 e. The second-order valence-electron chi connectivity index (χ2n) is 3.50. The molecule has 1 N–H and O–H groups in total. The van der Waals surface area contributed by atoms with Gasteiger partial charge in [-0.25, -0.2) is 9.67 Å². The lowest BCUT2D eigenvalue weighted by atomic mass is 10.2. The largest absolute Gasteiger partial charge is 0.290 e. The van der Waals surface area contributed by atoms with Crippen LogP contribution >= 0.6 is 22.6 Å². The van der Waals surface area contributed by atoms with Gasteiger partial charge in [-0.05, 0) is 46.9 Å². The Hall–Kier alpha value is -1.70. The fourth-order valence-electron chi connectivity index (χ4n) is 1.60. The van der Waals surface area contributed by atoms with Gasteiger partial charge in [0.2, 0.25) is 5.95 Å². The highest BCUT2D eigenvalue weighted by molar-refractivity contribution is 14.1. The van der Waals surface area contributed by atoms with Crippen LogP contribution in [-0.4, -0.2) is 19.7 Å². The number of aromatic amines is 1. The van der Waals surface area contributed by atoms with E-state index in [-0.39, 0.29) is 5.56 Å². The molecule has 0 radical (unpaired) electrons. The molecule has 6 heteroatoms. The second kappa shape index (κ2) is 3.95. The van der Waals surface area contributed by atoms with Crippen LogP contribution < -0.4 is 5.56 Å². The zero-order chi connectivity index (χ0) is 11.8. The molecule has 0 unspecified atom stereocenters. The van der Waals surface area contributed by atoms with Crippen molar-refractivity contribution in [3.05, 3.63) is 50.6 Å². The highest BCUT2D eigenvalue weighted by Gasteiger charge is 2.05. The van der Waals surface area contributed by atoms with E-state index in [0.29, 0.717) is 16.9 Å². The fraction of sp³-hybridized carbons (Fsp3) is 0. The van der Waals surface area contributed by atoms with Crippen molar-refractivity contribution in [3.8, 4) is 5.95 Å². The first-order chi connectivity index (χ1) is 8.24. The first kappa shape index (κ1) is 10.5. The number of nitrogens with one attached hydrogen (secondary N) is 1. The van der Waals surface area contributed by atoms with Crippen LogP contribution in [0.15, 0.2) is 41.5 Å². The predicted octanol–water partition coefficient (Wildman–Crippen LogP) is 1.71. The van der Waals surface area contributed by atoms with Gasteiger partial charge in [0, 0.05) is 16.0 Å². The van der Waals surface area contributed by atoms with Crippen molar-refractivity contribution in [1.82, 2.24) is 19.7 Å². The lowest BCUT2D eigenvalue weighted by Crippen LogP contribution is -2.13. The van der Waals surface area contributed by atoms with Crippen molar-refractivity contribution in [2.45, 2.75) is 0 Å². The zero-order valence-electron chi connectivity index (χ0n) is 8.59. The Bertz CT molecular complexity index is 733. The summed E-state index contributed by atoms with van der Waals surface area (Å²) in [6, 6.07) is 7.31. The van der Waals surface area contributed by atoms with Crippen molar-refractivity contribution in [1.29, 1.82) is 0 Å². The number of fused-ring (bicyclic) bond motifs is 1. The first-order valence-corrected chi connectivity index (χ1v) is 6.01. The topological polar surface area (TPSA) is 63.6 Å². The molecule has 5 nitrogen and oxygen atoms in total. The monoisotopic (exact) mass is 338 g/mol. The molecule has 2 aromatic heterocycles. The molecule has 84 valence electrons. The van der Waals surface area contributed by atoms with Gasteiger partial charge in [-0.2, -0.15) is 5.10 Å². The standard InChI is InChI=1S/C11H7IN4O/c12-7-2-3-8-9(6-7)14-11(15-10(8)17)16-5-1-4-13-16/h1-6H,(H,14,15,17). The van der Waals surface area contributed by atoms with E-state index in [1.54, 1.807) is 24.5 Å². The lowest BCUT2D eigenvalue weighted by molar-refractivity contribution is 0.810. The zero-order valence-corrected chi connectivity index (χ0v) is 10.7. The van der Waals surface area contributed by atoms with Crippen molar-refractivity contribution in [3.63, 3.8) is 0 Å². The molecule has 0 aliphatic rings. The van der Waals surface area contributed by atoms with E-state index in [9.17, 15) is 4.79 Å². The molecule has 0 spiro atoms. The van der Waals surface area contributed by atoms with Crippen molar-refractivity contribution in [2.75, 3.05) is 0 Å². The maximum absolute atomic E-state index is 11.9. The van der Waals surface area contributed by atoms with Crippen LogP contribution in [0.2, 0.25) is 0 Å². The Balaban J connectivity index is 2.33. The maximum atomic E-state index is 11.9. The van der Waals surface area contributed by atoms with Crippen LogP contribution in [-0.2, 0) is 0 Å². The summed E-state index contributed by atoms with van der Waals surface area (Å²) in [6.45, 7) is 0. The van der Waals surface area contributed by atoms with Gasteiger partial charge in [0.05, 0.1) is 10.9 Å². The van der Waals surface area contributed by atoms with E-state index in [2.05, 4.69) is 37.7 Å². The summed E-state index contributed by atoms with van der Waals surface area (Å²) in [6.07, 6.45) is 3.37. The summed E-state index contributed by atoms with van der Waals surface area (Å²) in [5.41, 5.74) is 0.517. The van der Waals surface area contributed by atoms with Gasteiger partial charge in [0.1, 0.15) is 0 Å². The van der Waals surface area contributed by atoms with Gasteiger partial charge in [0.25, 0.3) is 5.56 Å². The van der Waals surface area contributed by atoms with E-state index < -0.39 is 0 Å². The number of rotatable bonds is 1. The molecule has 0 amide bonds. The van der Waals surface area contributed by atoms with E-state index >= 15 is 0 Å². The van der Waals surface area contributed by atoms with E-state index in [0.717, 1.165) is 3.57 Å². The number of nitrogens with zero attached hydrogens (tertiary/aromatic N) is 3. The molecule has 1 aromatic carbocycles. The number of aromatic nitrogens is 4. The summed E-state index contributed by atoms with van der Waals surface area (Å²) >= 11 is 2.19. The van der Waals surface area contributed by atoms with Crippen LogP contribution in [0, 0.1) is 3.57 Å². The Kier molecular flexibility index (Phi) is 2.43. The molecular weight excluding hydrogens is 331 g/mol. The molecule has 0 aliphatic carbocycles. The molecular formula is C11H7IN4O. The minimum absolute atomic E-state index is 0.156. The van der Waals surface area contributed by atoms with Gasteiger partial charge >= 0.3 is 0 Å². The summed E-state index contributed by atoms with van der Waals surface area (Å²) in [5.74, 6) is 0.425. The molecule has 0 bridgehead atoms. The highest BCUT2D eigenvalue weighted by Crippen LogP contribution is 2.12. The van der Waals surface area contributed by atoms with Crippen molar-refractivity contribution >= 4 is 33.5 Å². The number of benzene rings is 1. The van der Waals surface area contributed by atoms with Gasteiger partial charge in [-0.15, -0.1) is 0 Å². The smallest absolute Gasteiger partial charge is 0.260 e. The summed E-state index contributed by atoms with van der Waals surface area (Å²) in [4.78, 5) is 18.9. The van der Waals surface area contributed by atoms with E-state index in [1.807, 2.05) is 12.1 Å². The van der Waals surface area contributed by atoms with Crippen molar-refractivity contribution in [2.24, 2.45) is 0 Å². The minimum atomic E-state index is -0.156. The number of halogens is 1. The van der Waals surface area contributed by atoms with Crippen LogP contribution in [0.5, 0.6) is 0 Å². The normalized spacial score (nSPS) is 10.9. The molecule has 0 saturated heterocycles. The summed E-state index contributed by atoms with van der Waals surface area (Å²) in [7, 11) is 0. The van der Waals surface area contributed by atoms with Gasteiger partial charge < -0.3 is 0 Å². The van der Waals surface area contributed by atoms with Crippen molar-refractivity contribution < 1.29 is 0 Å². The molecule has 0 fully saturated rings. The quantitative estimate of drug-likeness (QED) is 0.687. The molecule has 17 heavy (non-hydrogen) atoms. The molecule has 0 saturated carbocycles. The summed E-state index contributed by atoms with van der Waals surface area (Å²) < 4.78 is 2.57. The van der Waals surface area contributed by atoms with Crippen LogP contribution in [0.25, 0.3) is 16.9 Å². The van der Waals surface area contributed by atoms with Gasteiger partial charge in [0.15, 0.2) is 0 Å². The Morgan fingerprint density at radius 1 is 1.35 bits per heavy atom. The van der Waals surface area contributed by atoms with Crippen LogP contribution in [0.3, 0.4) is 0 Å². The van der Waals surface area contributed by atoms with E-state index in [1.165, 1.54) is 4.68 Å². The first-order valence-electron chi connectivity index (χ1n) is 4.94. The third kappa shape index (κ3) is 1.84. The Labute approximate surface area is 110 Å². The van der Waals surface area contributed by atoms with Gasteiger partial charge in [-0.3, -0.25) is 9.78 Å². The average molecular weight is 338 g/mol. The van der Waals surface area contributed by atoms with Crippen LogP contribution in [0.4, 0.5) is 0 Å². The molecule has 2 heterocycles. The molecule has 0 atom stereocenters. The Morgan fingerprint density at radius 3 is 3.00 bits per heavy atom. The molecule has 3 aromatic rings. The highest BCUT2D eigenvalue weighted by atomic mass is 127. The average Bonchev–Trinajstić information content (AvgIpc) is 2.81. The fourth-order valence-corrected chi connectivity index (χ4v) is 2.08. The molecule has 0 aliphatic heterocycles. The third-order valence-corrected chi connectivity index (χ3v) is 3.05. The Morgan fingerprint density at radius 2 is 2.24 bits per heavy atom. The number of hydrogen-bond donors (Lipinski definition) is 1. The van der Waals surface area contributed by atoms with E-state index in [4.69, 9.17) is 0 Å². The maximum Gasteiger partial charge on any atom is 0.260 e. The molecule has 3 rings (SSSR count). The number of H-pyrrole nitrogens is 1. The lowest BCUT2D eigenvalue weighted by Gasteiger charge is -2.02. The van der Waals surface area contributed by atoms with Crippen LogP contribution in [0.1, 0.15) is 0 Å². The number of hydrogen-bond acceptors (Lipinski definition) is 3. The van der Waals surface area contributed by atoms with Gasteiger partial charge in [-0.1, -0.05) is 0 Å².